The van der Waals surface area contributed by atoms with Gasteiger partial charge in [0, 0.05) is 23.3 Å². The third-order valence-electron chi connectivity index (χ3n) is 4.69. The minimum Gasteiger partial charge on any atom is -0.496 e. The number of ether oxygens (including phenoxy) is 3. The molecule has 1 aromatic rings. The molecule has 4 nitrogen and oxygen atoms in total. The highest BCUT2D eigenvalue weighted by Crippen LogP contribution is 2.42. The van der Waals surface area contributed by atoms with Crippen LogP contribution in [0.25, 0.3) is 11.1 Å². The van der Waals surface area contributed by atoms with Gasteiger partial charge in [-0.25, -0.2) is 4.79 Å². The molecule has 1 aliphatic heterocycles. The van der Waals surface area contributed by atoms with E-state index in [4.69, 9.17) is 14.2 Å². The molecule has 0 unspecified atom stereocenters. The zero-order valence-electron chi connectivity index (χ0n) is 18.6. The van der Waals surface area contributed by atoms with Crippen LogP contribution < -0.4 is 9.47 Å². The standard InChI is InChI=1S/C25H32O4/c1-8-19-16-25(5,6)29-23-15-22(27-7)20(14-21(19)23)18(4)12-10-11-17(3)13-24(26)28-9-2/h10-16H,8-9H2,1-7H3/b11-10+,17-13+,18-12-. The predicted octanol–water partition coefficient (Wildman–Crippen LogP) is 6.13. The SMILES string of the molecule is CCOC(=O)/C=C(C)/C=C/C=C(/C)c1cc2c(cc1OC)OC(C)(C)C=C2CC. The van der Waals surface area contributed by atoms with Crippen LogP contribution in [0, 0.1) is 0 Å². The van der Waals surface area contributed by atoms with Crippen molar-refractivity contribution in [3.63, 3.8) is 0 Å². The van der Waals surface area contributed by atoms with Crippen molar-refractivity contribution < 1.29 is 19.0 Å². The second-order valence-corrected chi connectivity index (χ2v) is 7.63. The lowest BCUT2D eigenvalue weighted by Crippen LogP contribution is -2.29. The van der Waals surface area contributed by atoms with Crippen LogP contribution in [-0.4, -0.2) is 25.3 Å². The summed E-state index contributed by atoms with van der Waals surface area (Å²) in [7, 11) is 1.67. The summed E-state index contributed by atoms with van der Waals surface area (Å²) >= 11 is 0. The molecule has 0 N–H and O–H groups in total. The molecule has 0 saturated heterocycles. The Bertz CT molecular complexity index is 882. The molecule has 0 aliphatic carbocycles. The number of benzene rings is 1. The quantitative estimate of drug-likeness (QED) is 0.316. The van der Waals surface area contributed by atoms with Gasteiger partial charge in [-0.15, -0.1) is 0 Å². The minimum atomic E-state index is -0.332. The number of allylic oxidation sites excluding steroid dienone is 6. The Morgan fingerprint density at radius 3 is 2.55 bits per heavy atom. The van der Waals surface area contributed by atoms with Crippen LogP contribution in [0.3, 0.4) is 0 Å². The van der Waals surface area contributed by atoms with Crippen molar-refractivity contribution in [1.29, 1.82) is 0 Å². The van der Waals surface area contributed by atoms with Gasteiger partial charge < -0.3 is 14.2 Å². The molecule has 0 spiro atoms. The zero-order valence-corrected chi connectivity index (χ0v) is 18.6. The number of fused-ring (bicyclic) bond motifs is 1. The third kappa shape index (κ3) is 5.86. The van der Waals surface area contributed by atoms with Gasteiger partial charge in [0.15, 0.2) is 0 Å². The summed E-state index contributed by atoms with van der Waals surface area (Å²) in [5.74, 6) is 1.30. The first-order valence-corrected chi connectivity index (χ1v) is 10.0. The molecule has 4 heteroatoms. The van der Waals surface area contributed by atoms with Crippen LogP contribution >= 0.6 is 0 Å². The summed E-state index contributed by atoms with van der Waals surface area (Å²) in [4.78, 5) is 11.5. The van der Waals surface area contributed by atoms with Gasteiger partial charge in [0.1, 0.15) is 17.1 Å². The summed E-state index contributed by atoms with van der Waals surface area (Å²) in [6, 6.07) is 4.11. The fourth-order valence-corrected chi connectivity index (χ4v) is 3.33. The molecule has 0 atom stereocenters. The Balaban J connectivity index is 2.35. The van der Waals surface area contributed by atoms with Crippen molar-refractivity contribution in [1.82, 2.24) is 0 Å². The van der Waals surface area contributed by atoms with Crippen LogP contribution in [-0.2, 0) is 9.53 Å². The third-order valence-corrected chi connectivity index (χ3v) is 4.69. The Hall–Kier alpha value is -2.75. The molecule has 0 radical (unpaired) electrons. The van der Waals surface area contributed by atoms with Crippen molar-refractivity contribution in [2.75, 3.05) is 13.7 Å². The van der Waals surface area contributed by atoms with Crippen LogP contribution in [0.1, 0.15) is 59.1 Å². The fourth-order valence-electron chi connectivity index (χ4n) is 3.33. The summed E-state index contributed by atoms with van der Waals surface area (Å²) in [5.41, 5.74) is 4.96. The molecule has 1 heterocycles. The summed E-state index contributed by atoms with van der Waals surface area (Å²) in [5, 5.41) is 0. The van der Waals surface area contributed by atoms with Crippen LogP contribution in [0.15, 0.2) is 48.1 Å². The lowest BCUT2D eigenvalue weighted by Gasteiger charge is -2.32. The Morgan fingerprint density at radius 2 is 1.93 bits per heavy atom. The highest BCUT2D eigenvalue weighted by atomic mass is 16.5. The highest BCUT2D eigenvalue weighted by Gasteiger charge is 2.27. The first-order chi connectivity index (χ1) is 13.7. The Morgan fingerprint density at radius 1 is 1.21 bits per heavy atom. The van der Waals surface area contributed by atoms with Gasteiger partial charge >= 0.3 is 5.97 Å². The van der Waals surface area contributed by atoms with Crippen molar-refractivity contribution in [3.8, 4) is 11.5 Å². The maximum absolute atomic E-state index is 11.5. The molecule has 0 bridgehead atoms. The van der Waals surface area contributed by atoms with E-state index >= 15 is 0 Å². The van der Waals surface area contributed by atoms with Gasteiger partial charge in [0.2, 0.25) is 0 Å². The smallest absolute Gasteiger partial charge is 0.330 e. The van der Waals surface area contributed by atoms with E-state index in [0.29, 0.717) is 6.61 Å². The van der Waals surface area contributed by atoms with Crippen LogP contribution in [0.2, 0.25) is 0 Å². The number of carbonyl (C=O) groups is 1. The molecule has 156 valence electrons. The van der Waals surface area contributed by atoms with Gasteiger partial charge in [-0.3, -0.25) is 0 Å². The van der Waals surface area contributed by atoms with E-state index in [2.05, 4.69) is 32.9 Å². The number of hydrogen-bond acceptors (Lipinski definition) is 4. The molecule has 0 fully saturated rings. The lowest BCUT2D eigenvalue weighted by molar-refractivity contribution is -0.137. The maximum Gasteiger partial charge on any atom is 0.330 e. The van der Waals surface area contributed by atoms with Crippen molar-refractivity contribution in [2.45, 2.75) is 53.6 Å². The first-order valence-electron chi connectivity index (χ1n) is 10.0. The van der Waals surface area contributed by atoms with E-state index in [-0.39, 0.29) is 11.6 Å². The molecular formula is C25H32O4. The van der Waals surface area contributed by atoms with E-state index in [1.54, 1.807) is 14.0 Å². The fraction of sp³-hybridized carbons (Fsp3) is 0.400. The van der Waals surface area contributed by atoms with Gasteiger partial charge in [-0.1, -0.05) is 25.2 Å². The first kappa shape index (κ1) is 22.5. The van der Waals surface area contributed by atoms with E-state index in [9.17, 15) is 4.79 Å². The van der Waals surface area contributed by atoms with Gasteiger partial charge in [-0.2, -0.15) is 0 Å². The minimum absolute atomic E-state index is 0.325. The Kier molecular flexibility index (Phi) is 7.49. The van der Waals surface area contributed by atoms with E-state index < -0.39 is 0 Å². The molecule has 0 amide bonds. The molecule has 1 aromatic carbocycles. The number of rotatable bonds is 7. The number of esters is 1. The van der Waals surface area contributed by atoms with Crippen molar-refractivity contribution >= 4 is 17.1 Å². The molecule has 0 saturated carbocycles. The monoisotopic (exact) mass is 396 g/mol. The van der Waals surface area contributed by atoms with Gasteiger partial charge in [0.25, 0.3) is 0 Å². The van der Waals surface area contributed by atoms with E-state index in [0.717, 1.165) is 40.2 Å². The van der Waals surface area contributed by atoms with E-state index in [1.165, 1.54) is 11.6 Å². The summed E-state index contributed by atoms with van der Waals surface area (Å²) in [6.07, 6.45) is 10.4. The summed E-state index contributed by atoms with van der Waals surface area (Å²) in [6.45, 7) is 12.4. The largest absolute Gasteiger partial charge is 0.496 e. The second-order valence-electron chi connectivity index (χ2n) is 7.63. The number of hydrogen-bond donors (Lipinski definition) is 0. The molecule has 1 aliphatic rings. The molecular weight excluding hydrogens is 364 g/mol. The van der Waals surface area contributed by atoms with Crippen molar-refractivity contribution in [3.05, 3.63) is 59.2 Å². The molecule has 2 rings (SSSR count). The van der Waals surface area contributed by atoms with Gasteiger partial charge in [0.05, 0.1) is 13.7 Å². The lowest BCUT2D eigenvalue weighted by atomic mass is 9.90. The number of methoxy groups -OCH3 is 1. The second kappa shape index (κ2) is 9.64. The normalized spacial score (nSPS) is 16.2. The average molecular weight is 397 g/mol. The van der Waals surface area contributed by atoms with Crippen molar-refractivity contribution in [2.24, 2.45) is 0 Å². The van der Waals surface area contributed by atoms with Crippen LogP contribution in [0.5, 0.6) is 11.5 Å². The highest BCUT2D eigenvalue weighted by molar-refractivity contribution is 5.83. The van der Waals surface area contributed by atoms with Crippen LogP contribution in [0.4, 0.5) is 0 Å². The topological polar surface area (TPSA) is 44.8 Å². The zero-order chi connectivity index (χ0) is 21.6. The predicted molar refractivity (Wildman–Crippen MR) is 119 cm³/mol. The number of carbonyl (C=O) groups excluding carboxylic acids is 1. The van der Waals surface area contributed by atoms with E-state index in [1.807, 2.05) is 38.1 Å². The molecule has 0 aromatic heterocycles. The average Bonchev–Trinajstić information content (AvgIpc) is 2.65. The molecule has 29 heavy (non-hydrogen) atoms. The summed E-state index contributed by atoms with van der Waals surface area (Å²) < 4.78 is 16.7. The Labute approximate surface area is 174 Å². The maximum atomic E-state index is 11.5. The van der Waals surface area contributed by atoms with Gasteiger partial charge in [-0.05, 0) is 69.9 Å².